The second-order valence-electron chi connectivity index (χ2n) is 9.59. The average molecular weight is 466 g/mol. The van der Waals surface area contributed by atoms with Gasteiger partial charge in [-0.2, -0.15) is 0 Å². The first kappa shape index (κ1) is 23.1. The molecule has 2 saturated heterocycles. The number of likely N-dealkylation sites (N-methyl/N-ethyl adjacent to an activating group) is 1. The number of benzene rings is 1. The number of piperazine rings is 1. The maximum atomic E-state index is 6.07. The highest BCUT2D eigenvalue weighted by atomic mass is 16.5. The van der Waals surface area contributed by atoms with Crippen LogP contribution in [0.4, 0.5) is 5.82 Å². The highest BCUT2D eigenvalue weighted by Gasteiger charge is 2.34. The minimum absolute atomic E-state index is 0.539. The monoisotopic (exact) mass is 465 g/mol. The van der Waals surface area contributed by atoms with Crippen molar-refractivity contribution in [2.75, 3.05) is 65.0 Å². The van der Waals surface area contributed by atoms with Gasteiger partial charge in [-0.25, -0.2) is 4.98 Å². The maximum Gasteiger partial charge on any atom is 0.213 e. The summed E-state index contributed by atoms with van der Waals surface area (Å²) in [6, 6.07) is 12.8. The van der Waals surface area contributed by atoms with Gasteiger partial charge in [0.15, 0.2) is 11.4 Å². The highest BCUT2D eigenvalue weighted by molar-refractivity contribution is 5.88. The molecule has 0 amide bonds. The molecule has 0 N–H and O–H groups in total. The van der Waals surface area contributed by atoms with Crippen LogP contribution in [0.15, 0.2) is 47.1 Å². The third-order valence-corrected chi connectivity index (χ3v) is 7.06. The lowest BCUT2D eigenvalue weighted by atomic mass is 9.91. The summed E-state index contributed by atoms with van der Waals surface area (Å²) in [5.74, 6) is 2.24. The van der Waals surface area contributed by atoms with Gasteiger partial charge in [-0.05, 0) is 37.6 Å². The van der Waals surface area contributed by atoms with E-state index in [9.17, 15) is 0 Å². The Kier molecular flexibility index (Phi) is 7.27. The Hall–Kier alpha value is -2.68. The molecule has 0 saturated carbocycles. The fourth-order valence-corrected chi connectivity index (χ4v) is 5.12. The van der Waals surface area contributed by atoms with E-state index in [-0.39, 0.29) is 0 Å². The molecule has 5 rings (SSSR count). The number of aromatic nitrogens is 2. The molecular weight excluding hydrogens is 430 g/mol. The number of anilines is 1. The lowest BCUT2D eigenvalue weighted by Gasteiger charge is -2.46. The largest absolute Gasteiger partial charge is 0.477 e. The van der Waals surface area contributed by atoms with Gasteiger partial charge in [0, 0.05) is 70.6 Å². The molecule has 8 nitrogen and oxygen atoms in total. The van der Waals surface area contributed by atoms with Crippen molar-refractivity contribution in [1.82, 2.24) is 19.9 Å². The van der Waals surface area contributed by atoms with Crippen LogP contribution in [0.1, 0.15) is 18.4 Å². The van der Waals surface area contributed by atoms with Crippen LogP contribution >= 0.6 is 0 Å². The molecule has 0 radical (unpaired) electrons. The van der Waals surface area contributed by atoms with Gasteiger partial charge in [-0.3, -0.25) is 9.80 Å². The van der Waals surface area contributed by atoms with E-state index in [0.717, 1.165) is 69.3 Å². The van der Waals surface area contributed by atoms with E-state index >= 15 is 0 Å². The molecule has 0 aliphatic carbocycles. The molecule has 182 valence electrons. The molecule has 2 aliphatic heterocycles. The Balaban J connectivity index is 1.09. The zero-order valence-corrected chi connectivity index (χ0v) is 20.2. The van der Waals surface area contributed by atoms with E-state index in [4.69, 9.17) is 14.0 Å². The first-order valence-electron chi connectivity index (χ1n) is 12.3. The van der Waals surface area contributed by atoms with Crippen LogP contribution in [-0.2, 0) is 11.3 Å². The fraction of sp³-hybridized carbons (Fsp3) is 0.538. The summed E-state index contributed by atoms with van der Waals surface area (Å²) in [4.78, 5) is 11.8. The number of hydrogen-bond donors (Lipinski definition) is 0. The van der Waals surface area contributed by atoms with Gasteiger partial charge in [0.2, 0.25) is 5.88 Å². The molecule has 2 fully saturated rings. The van der Waals surface area contributed by atoms with E-state index in [1.165, 1.54) is 18.4 Å². The molecule has 8 heteroatoms. The first-order valence-corrected chi connectivity index (χ1v) is 12.3. The Labute approximate surface area is 201 Å². The SMILES string of the molecule is COCCN(C)Cc1ccc(OC[C@@H]2CC[C@@H]3CN(c4noc5ccccc45)CCN3C2)nc1. The number of nitrogens with zero attached hydrogens (tertiary/aromatic N) is 5. The van der Waals surface area contributed by atoms with Crippen molar-refractivity contribution in [3.05, 3.63) is 48.2 Å². The normalized spacial score (nSPS) is 21.2. The lowest BCUT2D eigenvalue weighted by Crippen LogP contribution is -2.57. The highest BCUT2D eigenvalue weighted by Crippen LogP contribution is 2.31. The number of piperidine rings is 1. The van der Waals surface area contributed by atoms with Crippen LogP contribution in [-0.4, -0.2) is 86.1 Å². The predicted molar refractivity (Wildman–Crippen MR) is 132 cm³/mol. The standard InChI is InChI=1S/C26H35N5O3/c1-29(13-14-32-2)16-20-8-10-25(27-15-20)33-19-21-7-9-22-18-31(12-11-30(22)17-21)26-23-5-3-4-6-24(23)34-28-26/h3-6,8,10,15,21-22H,7,9,11-14,16-19H2,1-2H3/t21-,22-/m1/s1. The molecule has 4 heterocycles. The van der Waals surface area contributed by atoms with E-state index in [0.29, 0.717) is 17.8 Å². The van der Waals surface area contributed by atoms with Gasteiger partial charge >= 0.3 is 0 Å². The average Bonchev–Trinajstić information content (AvgIpc) is 3.31. The Morgan fingerprint density at radius 3 is 2.88 bits per heavy atom. The number of fused-ring (bicyclic) bond motifs is 2. The molecule has 2 aliphatic rings. The summed E-state index contributed by atoms with van der Waals surface area (Å²) in [6.45, 7) is 7.33. The first-order chi connectivity index (χ1) is 16.7. The van der Waals surface area contributed by atoms with Crippen molar-refractivity contribution in [3.63, 3.8) is 0 Å². The number of pyridine rings is 1. The summed E-state index contributed by atoms with van der Waals surface area (Å²) in [5, 5.41) is 5.48. The molecule has 34 heavy (non-hydrogen) atoms. The van der Waals surface area contributed by atoms with Crippen molar-refractivity contribution >= 4 is 16.8 Å². The molecule has 1 aromatic carbocycles. The summed E-state index contributed by atoms with van der Waals surface area (Å²) in [7, 11) is 3.82. The third kappa shape index (κ3) is 5.35. The molecule has 0 bridgehead atoms. The van der Waals surface area contributed by atoms with Crippen LogP contribution in [0.25, 0.3) is 11.0 Å². The Bertz CT molecular complexity index is 1060. The van der Waals surface area contributed by atoms with Gasteiger partial charge < -0.3 is 18.9 Å². The molecule has 3 aromatic rings. The zero-order valence-electron chi connectivity index (χ0n) is 20.2. The van der Waals surface area contributed by atoms with E-state index in [1.54, 1.807) is 7.11 Å². The van der Waals surface area contributed by atoms with Crippen molar-refractivity contribution in [2.45, 2.75) is 25.4 Å². The summed E-state index contributed by atoms with van der Waals surface area (Å²) < 4.78 is 16.7. The molecule has 0 unspecified atom stereocenters. The predicted octanol–water partition coefficient (Wildman–Crippen LogP) is 3.28. The van der Waals surface area contributed by atoms with E-state index in [1.807, 2.05) is 30.5 Å². The van der Waals surface area contributed by atoms with Crippen LogP contribution < -0.4 is 9.64 Å². The molecule has 2 aromatic heterocycles. The third-order valence-electron chi connectivity index (χ3n) is 7.06. The van der Waals surface area contributed by atoms with Crippen LogP contribution in [0.5, 0.6) is 5.88 Å². The zero-order chi connectivity index (χ0) is 23.3. The fourth-order valence-electron chi connectivity index (χ4n) is 5.12. The quantitative estimate of drug-likeness (QED) is 0.477. The summed E-state index contributed by atoms with van der Waals surface area (Å²) in [5.41, 5.74) is 2.05. The molecule has 0 spiro atoms. The molecular formula is C26H35N5O3. The van der Waals surface area contributed by atoms with Gasteiger partial charge in [-0.15, -0.1) is 0 Å². The summed E-state index contributed by atoms with van der Waals surface area (Å²) in [6.07, 6.45) is 4.28. The number of para-hydroxylation sites is 1. The van der Waals surface area contributed by atoms with Crippen molar-refractivity contribution in [3.8, 4) is 5.88 Å². The number of rotatable bonds is 9. The Morgan fingerprint density at radius 1 is 1.12 bits per heavy atom. The maximum absolute atomic E-state index is 6.07. The van der Waals surface area contributed by atoms with Crippen molar-refractivity contribution < 1.29 is 14.0 Å². The van der Waals surface area contributed by atoms with Crippen LogP contribution in [0, 0.1) is 5.92 Å². The Morgan fingerprint density at radius 2 is 2.03 bits per heavy atom. The van der Waals surface area contributed by atoms with Crippen LogP contribution in [0.3, 0.4) is 0 Å². The van der Waals surface area contributed by atoms with Gasteiger partial charge in [0.25, 0.3) is 0 Å². The van der Waals surface area contributed by atoms with Crippen molar-refractivity contribution in [1.29, 1.82) is 0 Å². The molecule has 2 atom stereocenters. The second kappa shape index (κ2) is 10.7. The van der Waals surface area contributed by atoms with Crippen LogP contribution in [0.2, 0.25) is 0 Å². The van der Waals surface area contributed by atoms with Gasteiger partial charge in [-0.1, -0.05) is 23.4 Å². The van der Waals surface area contributed by atoms with Crippen molar-refractivity contribution in [2.24, 2.45) is 5.92 Å². The topological polar surface area (TPSA) is 67.1 Å². The summed E-state index contributed by atoms with van der Waals surface area (Å²) >= 11 is 0. The number of ether oxygens (including phenoxy) is 2. The lowest BCUT2D eigenvalue weighted by molar-refractivity contribution is 0.0716. The van der Waals surface area contributed by atoms with Gasteiger partial charge in [0.05, 0.1) is 18.6 Å². The minimum atomic E-state index is 0.539. The van der Waals surface area contributed by atoms with E-state index in [2.05, 4.69) is 44.0 Å². The smallest absolute Gasteiger partial charge is 0.213 e. The number of hydrogen-bond acceptors (Lipinski definition) is 8. The van der Waals surface area contributed by atoms with E-state index < -0.39 is 0 Å². The number of methoxy groups -OCH3 is 1. The van der Waals surface area contributed by atoms with Gasteiger partial charge in [0.1, 0.15) is 0 Å². The second-order valence-corrected chi connectivity index (χ2v) is 9.59. The minimum Gasteiger partial charge on any atom is -0.477 e.